The van der Waals surface area contributed by atoms with E-state index in [1.807, 2.05) is 4.38 Å². The first kappa shape index (κ1) is 10.6. The Bertz CT molecular complexity index is 96.8. The minimum atomic E-state index is -2.21. The molecular formula is C5H12O3SiTi. The van der Waals surface area contributed by atoms with Gasteiger partial charge in [-0.1, -0.05) is 0 Å². The SMILES string of the molecule is C=[CH][Ti][Si](OC)(OC)OC. The van der Waals surface area contributed by atoms with Crippen LogP contribution in [0.4, 0.5) is 0 Å². The third-order valence-corrected chi connectivity index (χ3v) is 8.74. The van der Waals surface area contributed by atoms with Crippen LogP contribution >= 0.6 is 0 Å². The molecule has 0 rings (SSSR count). The summed E-state index contributed by atoms with van der Waals surface area (Å²) in [5, 5.41) is 0. The molecule has 0 aliphatic heterocycles. The van der Waals surface area contributed by atoms with Crippen molar-refractivity contribution in [1.29, 1.82) is 0 Å². The third-order valence-electron chi connectivity index (χ3n) is 1.09. The van der Waals surface area contributed by atoms with Gasteiger partial charge < -0.3 is 0 Å². The Morgan fingerprint density at radius 1 is 1.20 bits per heavy atom. The van der Waals surface area contributed by atoms with Gasteiger partial charge in [0, 0.05) is 0 Å². The summed E-state index contributed by atoms with van der Waals surface area (Å²) in [6.07, 6.45) is 0. The van der Waals surface area contributed by atoms with Crippen LogP contribution in [0, 0.1) is 0 Å². The third kappa shape index (κ3) is 2.66. The first-order chi connectivity index (χ1) is 4.74. The molecule has 3 nitrogen and oxygen atoms in total. The number of hydrogen-bond donors (Lipinski definition) is 0. The molecule has 0 radical (unpaired) electrons. The Labute approximate surface area is 70.8 Å². The molecule has 0 amide bonds. The summed E-state index contributed by atoms with van der Waals surface area (Å²) in [6.45, 7) is 1.43. The van der Waals surface area contributed by atoms with Crippen molar-refractivity contribution in [2.45, 2.75) is 0 Å². The van der Waals surface area contributed by atoms with E-state index < -0.39 is 25.1 Å². The Hall–Kier alpha value is 0.551. The molecule has 0 fully saturated rings. The van der Waals surface area contributed by atoms with E-state index in [-0.39, 0.29) is 0 Å². The van der Waals surface area contributed by atoms with Crippen LogP contribution in [0.1, 0.15) is 0 Å². The quantitative estimate of drug-likeness (QED) is 0.602. The average molecular weight is 196 g/mol. The summed E-state index contributed by atoms with van der Waals surface area (Å²) in [6, 6.07) is 0. The molecule has 0 aliphatic carbocycles. The van der Waals surface area contributed by atoms with Crippen LogP contribution in [0.5, 0.6) is 0 Å². The first-order valence-corrected chi connectivity index (χ1v) is 7.75. The molecular weight excluding hydrogens is 184 g/mol. The van der Waals surface area contributed by atoms with Gasteiger partial charge in [0.25, 0.3) is 0 Å². The van der Waals surface area contributed by atoms with E-state index in [1.54, 1.807) is 21.3 Å². The van der Waals surface area contributed by atoms with Crippen LogP contribution in [0.2, 0.25) is 0 Å². The van der Waals surface area contributed by atoms with Crippen molar-refractivity contribution in [1.82, 2.24) is 0 Å². The summed E-state index contributed by atoms with van der Waals surface area (Å²) < 4.78 is 17.3. The Balaban J connectivity index is 4.00. The van der Waals surface area contributed by atoms with Gasteiger partial charge in [0.2, 0.25) is 0 Å². The molecule has 0 aromatic heterocycles. The zero-order chi connectivity index (χ0) is 8.04. The summed E-state index contributed by atoms with van der Waals surface area (Å²) in [5.41, 5.74) is 0. The number of rotatable bonds is 5. The molecule has 0 saturated carbocycles. The van der Waals surface area contributed by atoms with E-state index in [4.69, 9.17) is 13.3 Å². The van der Waals surface area contributed by atoms with Gasteiger partial charge in [0.1, 0.15) is 0 Å². The molecule has 0 bridgehead atoms. The molecule has 0 aliphatic rings. The second-order valence-corrected chi connectivity index (χ2v) is 9.00. The fourth-order valence-corrected chi connectivity index (χ4v) is 4.48. The molecule has 0 aromatic carbocycles. The molecule has 0 heterocycles. The molecule has 0 atom stereocenters. The zero-order valence-electron chi connectivity index (χ0n) is 6.51. The molecule has 10 heavy (non-hydrogen) atoms. The standard InChI is InChI=1S/C3H9O3Si.C2H3.Ti/c1-4-7(5-2)6-3;1-2;/h1-3H3;1H,2H2;. The van der Waals surface area contributed by atoms with Crippen molar-refractivity contribution >= 4 is 6.67 Å². The predicted molar refractivity (Wildman–Crippen MR) is 37.0 cm³/mol. The molecule has 0 saturated heterocycles. The molecule has 0 unspecified atom stereocenters. The van der Waals surface area contributed by atoms with Gasteiger partial charge in [-0.25, -0.2) is 0 Å². The molecule has 58 valence electrons. The van der Waals surface area contributed by atoms with Crippen LogP contribution < -0.4 is 0 Å². The maximum atomic E-state index is 5.16. The van der Waals surface area contributed by atoms with Gasteiger partial charge >= 0.3 is 70.6 Å². The minimum absolute atomic E-state index is 0.417. The van der Waals surface area contributed by atoms with Gasteiger partial charge in [0.05, 0.1) is 0 Å². The van der Waals surface area contributed by atoms with Crippen molar-refractivity contribution in [2.24, 2.45) is 0 Å². The van der Waals surface area contributed by atoms with Gasteiger partial charge in [0.15, 0.2) is 0 Å². The van der Waals surface area contributed by atoms with E-state index >= 15 is 0 Å². The van der Waals surface area contributed by atoms with Crippen LogP contribution in [0.25, 0.3) is 0 Å². The van der Waals surface area contributed by atoms with Gasteiger partial charge in [-0.3, -0.25) is 0 Å². The van der Waals surface area contributed by atoms with E-state index in [1.165, 1.54) is 0 Å². The Kier molecular flexibility index (Phi) is 5.52. The second-order valence-electron chi connectivity index (χ2n) is 1.52. The van der Waals surface area contributed by atoms with E-state index in [2.05, 4.69) is 6.58 Å². The van der Waals surface area contributed by atoms with E-state index in [0.29, 0.717) is 0 Å². The summed E-state index contributed by atoms with van der Waals surface area (Å²) in [4.78, 5) is 0. The molecule has 0 N–H and O–H groups in total. The van der Waals surface area contributed by atoms with Crippen molar-refractivity contribution < 1.29 is 31.7 Å². The normalized spacial score (nSPS) is 11.1. The maximum absolute atomic E-state index is 5.16. The van der Waals surface area contributed by atoms with E-state index in [9.17, 15) is 0 Å². The van der Waals surface area contributed by atoms with Crippen molar-refractivity contribution in [3.63, 3.8) is 0 Å². The monoisotopic (exact) mass is 196 g/mol. The molecule has 0 aromatic rings. The number of hydrogen-bond acceptors (Lipinski definition) is 3. The second kappa shape index (κ2) is 5.23. The Morgan fingerprint density at radius 2 is 1.60 bits per heavy atom. The predicted octanol–water partition coefficient (Wildman–Crippen LogP) is 0.587. The zero-order valence-corrected chi connectivity index (χ0v) is 9.07. The van der Waals surface area contributed by atoms with Crippen LogP contribution in [-0.2, 0) is 31.7 Å². The van der Waals surface area contributed by atoms with Gasteiger partial charge in [-0.2, -0.15) is 0 Å². The van der Waals surface area contributed by atoms with Crippen molar-refractivity contribution in [3.05, 3.63) is 11.0 Å². The first-order valence-electron chi connectivity index (χ1n) is 2.78. The molecule has 0 spiro atoms. The van der Waals surface area contributed by atoms with Crippen LogP contribution in [-0.4, -0.2) is 28.0 Å². The fraction of sp³-hybridized carbons (Fsp3) is 0.600. The van der Waals surface area contributed by atoms with Crippen molar-refractivity contribution in [2.75, 3.05) is 21.3 Å². The summed E-state index contributed by atoms with van der Waals surface area (Å²) in [7, 11) is 4.85. The Morgan fingerprint density at radius 3 is 1.70 bits per heavy atom. The van der Waals surface area contributed by atoms with Gasteiger partial charge in [-0.05, 0) is 0 Å². The topological polar surface area (TPSA) is 27.7 Å². The average Bonchev–Trinajstić information content (AvgIpc) is 2.01. The van der Waals surface area contributed by atoms with Gasteiger partial charge in [-0.15, -0.1) is 0 Å². The fourth-order valence-electron chi connectivity index (χ4n) is 0.552. The summed E-state index contributed by atoms with van der Waals surface area (Å²) >= 11 is -0.417. The van der Waals surface area contributed by atoms with Crippen molar-refractivity contribution in [3.8, 4) is 0 Å². The molecule has 5 heteroatoms. The summed E-state index contributed by atoms with van der Waals surface area (Å²) in [5.74, 6) is 0. The van der Waals surface area contributed by atoms with E-state index in [0.717, 1.165) is 0 Å². The van der Waals surface area contributed by atoms with Crippen LogP contribution in [0.15, 0.2) is 11.0 Å². The van der Waals surface area contributed by atoms with Crippen LogP contribution in [0.3, 0.4) is 0 Å².